The van der Waals surface area contributed by atoms with E-state index >= 15 is 0 Å². The van der Waals surface area contributed by atoms with Crippen LogP contribution in [-0.2, 0) is 11.2 Å². The van der Waals surface area contributed by atoms with E-state index in [2.05, 4.69) is 28.6 Å². The summed E-state index contributed by atoms with van der Waals surface area (Å²) in [4.78, 5) is 16.5. The molecule has 1 saturated heterocycles. The molecule has 0 aliphatic carbocycles. The fourth-order valence-corrected chi connectivity index (χ4v) is 2.85. The van der Waals surface area contributed by atoms with Crippen molar-refractivity contribution in [2.45, 2.75) is 32.3 Å². The van der Waals surface area contributed by atoms with E-state index in [1.54, 1.807) is 12.4 Å². The van der Waals surface area contributed by atoms with Gasteiger partial charge in [-0.2, -0.15) is 0 Å². The van der Waals surface area contributed by atoms with Crippen LogP contribution in [0.1, 0.15) is 35.7 Å². The molecular weight excluding hydrogens is 302 g/mol. The summed E-state index contributed by atoms with van der Waals surface area (Å²) in [5.41, 5.74) is 3.62. The van der Waals surface area contributed by atoms with Gasteiger partial charge in [0, 0.05) is 25.0 Å². The summed E-state index contributed by atoms with van der Waals surface area (Å²) >= 11 is 0. The van der Waals surface area contributed by atoms with Crippen LogP contribution in [0.15, 0.2) is 42.7 Å². The van der Waals surface area contributed by atoms with Crippen LogP contribution in [-0.4, -0.2) is 30.1 Å². The molecule has 1 aliphatic rings. The number of anilines is 2. The molecule has 1 aromatic carbocycles. The van der Waals surface area contributed by atoms with Gasteiger partial charge in [-0.15, -0.1) is 0 Å². The number of carbonyl (C=O) groups excluding carboxylic acids is 1. The first-order valence-electron chi connectivity index (χ1n) is 8.46. The number of nitrogens with zero attached hydrogens (tertiary/aromatic N) is 1. The van der Waals surface area contributed by atoms with Gasteiger partial charge in [-0.25, -0.2) is 0 Å². The average molecular weight is 325 g/mol. The van der Waals surface area contributed by atoms with E-state index in [0.29, 0.717) is 12.1 Å². The lowest BCUT2D eigenvalue weighted by molar-refractivity contribution is 0.0857. The van der Waals surface area contributed by atoms with Gasteiger partial charge in [-0.3, -0.25) is 9.78 Å². The maximum absolute atomic E-state index is 12.3. The molecular formula is C19H23N3O2. The molecule has 0 bridgehead atoms. The molecule has 0 spiro atoms. The molecule has 1 aliphatic heterocycles. The Morgan fingerprint density at radius 1 is 1.33 bits per heavy atom. The normalized spacial score (nSPS) is 16.8. The Bertz CT molecular complexity index is 697. The summed E-state index contributed by atoms with van der Waals surface area (Å²) in [6.45, 7) is 3.46. The van der Waals surface area contributed by atoms with Crippen molar-refractivity contribution >= 4 is 17.3 Å². The standard InChI is InChI=1S/C19H23N3O2/c1-2-14-6-3-4-8-18(14)22-16-10-15(11-20-12-16)19(23)21-13-17-7-5-9-24-17/h3-4,6,8,10-12,17,22H,2,5,7,9,13H2,1H3,(H,21,23). The van der Waals surface area contributed by atoms with Crippen molar-refractivity contribution in [1.82, 2.24) is 10.3 Å². The van der Waals surface area contributed by atoms with Gasteiger partial charge in [-0.05, 0) is 37.0 Å². The van der Waals surface area contributed by atoms with Crippen LogP contribution in [0.25, 0.3) is 0 Å². The third kappa shape index (κ3) is 4.11. The number of benzene rings is 1. The molecule has 1 aromatic heterocycles. The van der Waals surface area contributed by atoms with Crippen molar-refractivity contribution < 1.29 is 9.53 Å². The van der Waals surface area contributed by atoms with Gasteiger partial charge < -0.3 is 15.4 Å². The molecule has 3 rings (SSSR count). The Kier molecular flexibility index (Phi) is 5.43. The summed E-state index contributed by atoms with van der Waals surface area (Å²) < 4.78 is 5.52. The molecule has 2 N–H and O–H groups in total. The van der Waals surface area contributed by atoms with Gasteiger partial charge in [0.25, 0.3) is 5.91 Å². The van der Waals surface area contributed by atoms with E-state index < -0.39 is 0 Å². The van der Waals surface area contributed by atoms with Gasteiger partial charge >= 0.3 is 0 Å². The van der Waals surface area contributed by atoms with Crippen LogP contribution in [0.5, 0.6) is 0 Å². The Morgan fingerprint density at radius 3 is 3.00 bits per heavy atom. The van der Waals surface area contributed by atoms with Gasteiger partial charge in [0.15, 0.2) is 0 Å². The summed E-state index contributed by atoms with van der Waals surface area (Å²) in [5, 5.41) is 6.27. The summed E-state index contributed by atoms with van der Waals surface area (Å²) in [5.74, 6) is -0.120. The number of aryl methyl sites for hydroxylation is 1. The van der Waals surface area contributed by atoms with Crippen LogP contribution in [0.2, 0.25) is 0 Å². The average Bonchev–Trinajstić information content (AvgIpc) is 3.14. The first kappa shape index (κ1) is 16.5. The fourth-order valence-electron chi connectivity index (χ4n) is 2.85. The molecule has 5 nitrogen and oxygen atoms in total. The van der Waals surface area contributed by atoms with Crippen molar-refractivity contribution in [1.29, 1.82) is 0 Å². The summed E-state index contributed by atoms with van der Waals surface area (Å²) in [6, 6.07) is 9.96. The van der Waals surface area contributed by atoms with Crippen molar-refractivity contribution in [2.75, 3.05) is 18.5 Å². The number of para-hydroxylation sites is 1. The van der Waals surface area contributed by atoms with Crippen molar-refractivity contribution in [3.63, 3.8) is 0 Å². The maximum Gasteiger partial charge on any atom is 0.253 e. The molecule has 126 valence electrons. The van der Waals surface area contributed by atoms with Crippen molar-refractivity contribution in [2.24, 2.45) is 0 Å². The minimum Gasteiger partial charge on any atom is -0.376 e. The fraction of sp³-hybridized carbons (Fsp3) is 0.368. The van der Waals surface area contributed by atoms with Gasteiger partial charge in [0.2, 0.25) is 0 Å². The van der Waals surface area contributed by atoms with Crippen LogP contribution in [0.3, 0.4) is 0 Å². The number of ether oxygens (including phenoxy) is 1. The van der Waals surface area contributed by atoms with Crippen molar-refractivity contribution in [3.05, 3.63) is 53.9 Å². The third-order valence-electron chi connectivity index (χ3n) is 4.19. The van der Waals surface area contributed by atoms with Crippen LogP contribution >= 0.6 is 0 Å². The smallest absolute Gasteiger partial charge is 0.253 e. The predicted octanol–water partition coefficient (Wildman–Crippen LogP) is 3.30. The van der Waals surface area contributed by atoms with Crippen molar-refractivity contribution in [3.8, 4) is 0 Å². The Morgan fingerprint density at radius 2 is 2.21 bits per heavy atom. The molecule has 1 unspecified atom stereocenters. The lowest BCUT2D eigenvalue weighted by atomic mass is 10.1. The predicted molar refractivity (Wildman–Crippen MR) is 94.6 cm³/mol. The summed E-state index contributed by atoms with van der Waals surface area (Å²) in [6.07, 6.45) is 6.47. The molecule has 5 heteroatoms. The number of rotatable bonds is 6. The van der Waals surface area contributed by atoms with E-state index in [1.165, 1.54) is 5.56 Å². The highest BCUT2D eigenvalue weighted by Gasteiger charge is 2.17. The molecule has 2 aromatic rings. The molecule has 24 heavy (non-hydrogen) atoms. The zero-order valence-corrected chi connectivity index (χ0v) is 13.9. The lowest BCUT2D eigenvalue weighted by Gasteiger charge is -2.13. The number of amides is 1. The highest BCUT2D eigenvalue weighted by molar-refractivity contribution is 5.94. The zero-order valence-electron chi connectivity index (χ0n) is 13.9. The van der Waals surface area contributed by atoms with Crippen LogP contribution in [0, 0.1) is 0 Å². The van der Waals surface area contributed by atoms with Crippen LogP contribution < -0.4 is 10.6 Å². The molecule has 1 fully saturated rings. The van der Waals surface area contributed by atoms with E-state index in [9.17, 15) is 4.79 Å². The third-order valence-corrected chi connectivity index (χ3v) is 4.19. The topological polar surface area (TPSA) is 63.2 Å². The quantitative estimate of drug-likeness (QED) is 0.855. The molecule has 1 amide bonds. The van der Waals surface area contributed by atoms with Gasteiger partial charge in [0.1, 0.15) is 0 Å². The lowest BCUT2D eigenvalue weighted by Crippen LogP contribution is -2.31. The molecule has 0 radical (unpaired) electrons. The largest absolute Gasteiger partial charge is 0.376 e. The first-order valence-corrected chi connectivity index (χ1v) is 8.46. The summed E-state index contributed by atoms with van der Waals surface area (Å²) in [7, 11) is 0. The number of aromatic nitrogens is 1. The van der Waals surface area contributed by atoms with E-state index in [-0.39, 0.29) is 12.0 Å². The Balaban J connectivity index is 1.65. The SMILES string of the molecule is CCc1ccccc1Nc1cncc(C(=O)NCC2CCCO2)c1. The minimum absolute atomic E-state index is 0.120. The Hall–Kier alpha value is -2.40. The highest BCUT2D eigenvalue weighted by atomic mass is 16.5. The number of hydrogen-bond donors (Lipinski definition) is 2. The van der Waals surface area contributed by atoms with E-state index in [4.69, 9.17) is 4.74 Å². The number of pyridine rings is 1. The maximum atomic E-state index is 12.3. The number of hydrogen-bond acceptors (Lipinski definition) is 4. The Labute approximate surface area is 142 Å². The second-order valence-electron chi connectivity index (χ2n) is 5.94. The van der Waals surface area contributed by atoms with E-state index in [0.717, 1.165) is 37.2 Å². The zero-order chi connectivity index (χ0) is 16.8. The first-order chi connectivity index (χ1) is 11.8. The number of carbonyl (C=O) groups is 1. The second kappa shape index (κ2) is 7.93. The van der Waals surface area contributed by atoms with Gasteiger partial charge in [-0.1, -0.05) is 25.1 Å². The second-order valence-corrected chi connectivity index (χ2v) is 5.94. The monoisotopic (exact) mass is 325 g/mol. The minimum atomic E-state index is -0.120. The number of nitrogens with one attached hydrogen (secondary N) is 2. The molecule has 1 atom stereocenters. The van der Waals surface area contributed by atoms with E-state index in [1.807, 2.05) is 24.3 Å². The molecule has 0 saturated carbocycles. The highest BCUT2D eigenvalue weighted by Crippen LogP contribution is 2.21. The van der Waals surface area contributed by atoms with Gasteiger partial charge in [0.05, 0.1) is 23.6 Å². The molecule has 2 heterocycles. The van der Waals surface area contributed by atoms with Crippen LogP contribution in [0.4, 0.5) is 11.4 Å².